The number of ether oxygens (including phenoxy) is 2. The van der Waals surface area contributed by atoms with Gasteiger partial charge in [0.2, 0.25) is 0 Å². The van der Waals surface area contributed by atoms with Crippen LogP contribution in [0.4, 0.5) is 4.79 Å². The van der Waals surface area contributed by atoms with Crippen LogP contribution in [-0.2, 0) is 22.6 Å². The summed E-state index contributed by atoms with van der Waals surface area (Å²) in [6.07, 6.45) is 5.14. The van der Waals surface area contributed by atoms with Crippen LogP contribution in [0.15, 0.2) is 71.3 Å². The first-order valence-corrected chi connectivity index (χ1v) is 12.0. The van der Waals surface area contributed by atoms with E-state index in [1.54, 1.807) is 4.90 Å². The van der Waals surface area contributed by atoms with Crippen LogP contribution in [0.25, 0.3) is 11.1 Å². The molecule has 2 saturated heterocycles. The lowest BCUT2D eigenvalue weighted by Gasteiger charge is -2.26. The fourth-order valence-electron chi connectivity index (χ4n) is 4.62. The van der Waals surface area contributed by atoms with Gasteiger partial charge in [0, 0.05) is 31.2 Å². The molecule has 5 nitrogen and oxygen atoms in total. The van der Waals surface area contributed by atoms with Crippen LogP contribution in [0.3, 0.4) is 0 Å². The summed E-state index contributed by atoms with van der Waals surface area (Å²) in [6, 6.07) is 17.2. The van der Waals surface area contributed by atoms with Gasteiger partial charge in [-0.1, -0.05) is 60.1 Å². The van der Waals surface area contributed by atoms with Crippen molar-refractivity contribution in [3.05, 3.63) is 82.4 Å². The molecule has 2 fully saturated rings. The number of rotatable bonds is 6. The molecule has 1 amide bonds. The lowest BCUT2D eigenvalue weighted by Crippen LogP contribution is -2.35. The van der Waals surface area contributed by atoms with Crippen LogP contribution >= 0.6 is 11.6 Å². The maximum atomic E-state index is 12.4. The number of amides is 1. The molecule has 3 aliphatic rings. The van der Waals surface area contributed by atoms with Crippen molar-refractivity contribution >= 4 is 17.7 Å². The van der Waals surface area contributed by atoms with Crippen LogP contribution < -0.4 is 0 Å². The molecule has 0 radical (unpaired) electrons. The topological polar surface area (TPSA) is 42.0 Å². The van der Waals surface area contributed by atoms with Crippen molar-refractivity contribution in [3.8, 4) is 11.1 Å². The minimum atomic E-state index is -0.249. The van der Waals surface area contributed by atoms with Crippen LogP contribution in [0, 0.1) is 0 Å². The summed E-state index contributed by atoms with van der Waals surface area (Å²) >= 11 is 6.05. The Labute approximate surface area is 200 Å². The van der Waals surface area contributed by atoms with Gasteiger partial charge in [-0.15, -0.1) is 0 Å². The third-order valence-electron chi connectivity index (χ3n) is 6.53. The zero-order valence-electron chi connectivity index (χ0n) is 18.7. The predicted molar refractivity (Wildman–Crippen MR) is 130 cm³/mol. The van der Waals surface area contributed by atoms with Crippen molar-refractivity contribution in [3.63, 3.8) is 0 Å². The Balaban J connectivity index is 1.21. The van der Waals surface area contributed by atoms with Crippen molar-refractivity contribution in [1.82, 2.24) is 9.80 Å². The molecule has 5 rings (SSSR count). The molecule has 0 bridgehead atoms. The molecule has 2 heterocycles. The van der Waals surface area contributed by atoms with Crippen molar-refractivity contribution in [2.75, 3.05) is 32.8 Å². The summed E-state index contributed by atoms with van der Waals surface area (Å²) in [5, 5.41) is 0.853. The number of carbonyl (C=O) groups is 1. The second-order valence-corrected chi connectivity index (χ2v) is 9.38. The summed E-state index contributed by atoms with van der Waals surface area (Å²) in [7, 11) is 0. The maximum Gasteiger partial charge on any atom is 0.410 e. The molecule has 2 aromatic carbocycles. The molecule has 172 valence electrons. The van der Waals surface area contributed by atoms with Gasteiger partial charge in [-0.2, -0.15) is 0 Å². The zero-order valence-corrected chi connectivity index (χ0v) is 19.5. The van der Waals surface area contributed by atoms with Gasteiger partial charge >= 0.3 is 6.09 Å². The Morgan fingerprint density at radius 1 is 0.909 bits per heavy atom. The number of nitrogens with zero attached hydrogens (tertiary/aromatic N) is 2. The molecule has 0 aromatic heterocycles. The van der Waals surface area contributed by atoms with Crippen molar-refractivity contribution < 1.29 is 14.3 Å². The van der Waals surface area contributed by atoms with Gasteiger partial charge in [0.05, 0.1) is 19.8 Å². The van der Waals surface area contributed by atoms with E-state index in [0.717, 1.165) is 61.9 Å². The van der Waals surface area contributed by atoms with Crippen molar-refractivity contribution in [1.29, 1.82) is 0 Å². The molecular formula is C27H29ClN2O3. The standard InChI is InChI=1S/C27H29ClN2O3/c28-25-10-8-23(9-11-25)26-19-30(27(31)33-26)18-20-4-6-22(7-5-20)24-3-1-2-21(16-24)17-29-12-14-32-15-13-29/h1-8,10,16,26H,9,11-15,17-19H2. The molecule has 0 saturated carbocycles. The monoisotopic (exact) mass is 464 g/mol. The normalized spacial score (nSPS) is 21.5. The van der Waals surface area contributed by atoms with E-state index in [0.29, 0.717) is 13.1 Å². The highest BCUT2D eigenvalue weighted by atomic mass is 35.5. The lowest BCUT2D eigenvalue weighted by molar-refractivity contribution is 0.0342. The van der Waals surface area contributed by atoms with Gasteiger partial charge in [-0.05, 0) is 52.8 Å². The molecular weight excluding hydrogens is 436 g/mol. The molecule has 6 heteroatoms. The van der Waals surface area contributed by atoms with E-state index in [1.807, 2.05) is 12.2 Å². The van der Waals surface area contributed by atoms with E-state index in [2.05, 4.69) is 53.4 Å². The highest BCUT2D eigenvalue weighted by Gasteiger charge is 2.33. The van der Waals surface area contributed by atoms with E-state index in [9.17, 15) is 4.79 Å². The van der Waals surface area contributed by atoms with Crippen LogP contribution in [-0.4, -0.2) is 54.8 Å². The second-order valence-electron chi connectivity index (χ2n) is 8.89. The Morgan fingerprint density at radius 2 is 1.73 bits per heavy atom. The van der Waals surface area contributed by atoms with E-state index in [-0.39, 0.29) is 12.2 Å². The Kier molecular flexibility index (Phi) is 6.81. The van der Waals surface area contributed by atoms with Gasteiger partial charge in [0.1, 0.15) is 6.10 Å². The van der Waals surface area contributed by atoms with Gasteiger partial charge in [-0.3, -0.25) is 9.80 Å². The maximum absolute atomic E-state index is 12.4. The number of halogens is 1. The summed E-state index contributed by atoms with van der Waals surface area (Å²) in [5.74, 6) is 0. The van der Waals surface area contributed by atoms with Crippen LogP contribution in [0.1, 0.15) is 24.0 Å². The smallest absolute Gasteiger partial charge is 0.410 e. The largest absolute Gasteiger partial charge is 0.440 e. The van der Waals surface area contributed by atoms with E-state index in [4.69, 9.17) is 21.1 Å². The van der Waals surface area contributed by atoms with Crippen molar-refractivity contribution in [2.24, 2.45) is 0 Å². The van der Waals surface area contributed by atoms with Crippen molar-refractivity contribution in [2.45, 2.75) is 32.0 Å². The Hall–Kier alpha value is -2.60. The minimum Gasteiger partial charge on any atom is -0.440 e. The average Bonchev–Trinajstić information content (AvgIpc) is 3.21. The Bertz CT molecular complexity index is 1060. The third kappa shape index (κ3) is 5.49. The molecule has 0 spiro atoms. The number of cyclic esters (lactones) is 1. The number of benzene rings is 2. The predicted octanol–water partition coefficient (Wildman–Crippen LogP) is 5.35. The molecule has 1 aliphatic carbocycles. The fourth-order valence-corrected chi connectivity index (χ4v) is 4.77. The van der Waals surface area contributed by atoms with Gasteiger partial charge in [-0.25, -0.2) is 4.79 Å². The highest BCUT2D eigenvalue weighted by Crippen LogP contribution is 2.29. The number of hydrogen-bond donors (Lipinski definition) is 0. The molecule has 2 aliphatic heterocycles. The number of morpholine rings is 1. The molecule has 1 atom stereocenters. The first-order valence-electron chi connectivity index (χ1n) is 11.6. The zero-order chi connectivity index (χ0) is 22.6. The molecule has 2 aromatic rings. The summed E-state index contributed by atoms with van der Waals surface area (Å²) in [6.45, 7) is 5.69. The SMILES string of the molecule is O=C1OC(C2=CC=C(Cl)CC2)CN1Cc1ccc(-c2cccc(CN3CCOCC3)c2)cc1. The van der Waals surface area contributed by atoms with Gasteiger partial charge in [0.25, 0.3) is 0 Å². The fraction of sp³-hybridized carbons (Fsp3) is 0.370. The van der Waals surface area contributed by atoms with E-state index < -0.39 is 0 Å². The second kappa shape index (κ2) is 10.1. The number of hydrogen-bond acceptors (Lipinski definition) is 4. The summed E-state index contributed by atoms with van der Waals surface area (Å²) in [4.78, 5) is 16.6. The molecule has 0 N–H and O–H groups in total. The summed E-state index contributed by atoms with van der Waals surface area (Å²) in [5.41, 5.74) is 5.95. The minimum absolute atomic E-state index is 0.174. The first-order chi connectivity index (χ1) is 16.1. The number of carbonyl (C=O) groups excluding carboxylic acids is 1. The average molecular weight is 465 g/mol. The quantitative estimate of drug-likeness (QED) is 0.578. The summed E-state index contributed by atoms with van der Waals surface area (Å²) < 4.78 is 11.1. The van der Waals surface area contributed by atoms with Crippen LogP contribution in [0.5, 0.6) is 0 Å². The first kappa shape index (κ1) is 22.2. The molecule has 33 heavy (non-hydrogen) atoms. The van der Waals surface area contributed by atoms with Gasteiger partial charge < -0.3 is 9.47 Å². The third-order valence-corrected chi connectivity index (χ3v) is 6.84. The number of allylic oxidation sites excluding steroid dienone is 3. The molecule has 1 unspecified atom stereocenters. The van der Waals surface area contributed by atoms with Gasteiger partial charge in [0.15, 0.2) is 0 Å². The van der Waals surface area contributed by atoms with E-state index in [1.165, 1.54) is 16.7 Å². The highest BCUT2D eigenvalue weighted by molar-refractivity contribution is 6.29. The lowest BCUT2D eigenvalue weighted by atomic mass is 9.99. The van der Waals surface area contributed by atoms with E-state index >= 15 is 0 Å². The Morgan fingerprint density at radius 3 is 2.48 bits per heavy atom. The van der Waals surface area contributed by atoms with Crippen LogP contribution in [0.2, 0.25) is 0 Å².